The van der Waals surface area contributed by atoms with Gasteiger partial charge in [0.05, 0.1) is 12.4 Å². The molecule has 2 N–H and O–H groups in total. The summed E-state index contributed by atoms with van der Waals surface area (Å²) in [4.78, 5) is 4.65. The molecule has 1 unspecified atom stereocenters. The summed E-state index contributed by atoms with van der Waals surface area (Å²) in [5.74, 6) is 1.50. The molecule has 124 valence electrons. The van der Waals surface area contributed by atoms with Crippen molar-refractivity contribution in [2.24, 2.45) is 5.73 Å². The van der Waals surface area contributed by atoms with E-state index in [-0.39, 0.29) is 6.04 Å². The van der Waals surface area contributed by atoms with Crippen LogP contribution in [0.25, 0.3) is 16.9 Å². The SMILES string of the molecule is NC(CCF)c1ccn2cc(-c3ccc4c(c3)OCCO4)nc2c1. The molecular formula is C18H18FN3O2. The molecule has 0 fully saturated rings. The number of aromatic nitrogens is 2. The minimum absolute atomic E-state index is 0.311. The van der Waals surface area contributed by atoms with Crippen molar-refractivity contribution in [1.29, 1.82) is 0 Å². The number of hydrogen-bond donors (Lipinski definition) is 1. The van der Waals surface area contributed by atoms with Crippen LogP contribution in [0.5, 0.6) is 11.5 Å². The largest absolute Gasteiger partial charge is 0.486 e. The summed E-state index contributed by atoms with van der Waals surface area (Å²) in [5, 5.41) is 0. The third-order valence-corrected chi connectivity index (χ3v) is 4.17. The van der Waals surface area contributed by atoms with Crippen molar-refractivity contribution in [3.63, 3.8) is 0 Å². The number of pyridine rings is 1. The number of fused-ring (bicyclic) bond motifs is 2. The number of rotatable bonds is 4. The maximum atomic E-state index is 12.5. The number of hydrogen-bond acceptors (Lipinski definition) is 4. The molecule has 1 aromatic carbocycles. The van der Waals surface area contributed by atoms with Gasteiger partial charge in [-0.1, -0.05) is 0 Å². The van der Waals surface area contributed by atoms with Crippen LogP contribution < -0.4 is 15.2 Å². The lowest BCUT2D eigenvalue weighted by Crippen LogP contribution is -2.15. The molecule has 6 heteroatoms. The van der Waals surface area contributed by atoms with Gasteiger partial charge in [-0.15, -0.1) is 0 Å². The van der Waals surface area contributed by atoms with Crippen LogP contribution in [-0.2, 0) is 0 Å². The van der Waals surface area contributed by atoms with Crippen molar-refractivity contribution in [2.75, 3.05) is 19.9 Å². The Morgan fingerprint density at radius 1 is 1.17 bits per heavy atom. The topological polar surface area (TPSA) is 61.8 Å². The molecule has 1 atom stereocenters. The Hall–Kier alpha value is -2.60. The zero-order chi connectivity index (χ0) is 16.5. The van der Waals surface area contributed by atoms with Crippen molar-refractivity contribution < 1.29 is 13.9 Å². The van der Waals surface area contributed by atoms with E-state index in [0.29, 0.717) is 19.6 Å². The molecule has 1 aliphatic heterocycles. The van der Waals surface area contributed by atoms with Crippen LogP contribution in [-0.4, -0.2) is 29.3 Å². The lowest BCUT2D eigenvalue weighted by molar-refractivity contribution is 0.171. The molecule has 0 amide bonds. The van der Waals surface area contributed by atoms with Gasteiger partial charge < -0.3 is 19.6 Å². The first-order chi connectivity index (χ1) is 11.7. The van der Waals surface area contributed by atoms with E-state index in [9.17, 15) is 4.39 Å². The second-order valence-corrected chi connectivity index (χ2v) is 5.79. The summed E-state index contributed by atoms with van der Waals surface area (Å²) in [6.07, 6.45) is 4.16. The first-order valence-electron chi connectivity index (χ1n) is 7.95. The van der Waals surface area contributed by atoms with E-state index in [0.717, 1.165) is 34.0 Å². The smallest absolute Gasteiger partial charge is 0.162 e. The molecule has 1 aliphatic rings. The molecule has 0 aliphatic carbocycles. The van der Waals surface area contributed by atoms with Gasteiger partial charge in [0, 0.05) is 24.0 Å². The Morgan fingerprint density at radius 2 is 2.00 bits per heavy atom. The fourth-order valence-electron chi connectivity index (χ4n) is 2.85. The van der Waals surface area contributed by atoms with Gasteiger partial charge >= 0.3 is 0 Å². The van der Waals surface area contributed by atoms with Crippen LogP contribution in [0.2, 0.25) is 0 Å². The first-order valence-corrected chi connectivity index (χ1v) is 7.95. The van der Waals surface area contributed by atoms with Crippen LogP contribution in [0.15, 0.2) is 42.7 Å². The summed E-state index contributed by atoms with van der Waals surface area (Å²) in [6, 6.07) is 9.30. The zero-order valence-electron chi connectivity index (χ0n) is 13.1. The van der Waals surface area contributed by atoms with E-state index < -0.39 is 6.67 Å². The molecule has 3 heterocycles. The minimum Gasteiger partial charge on any atom is -0.486 e. The van der Waals surface area contributed by atoms with Crippen molar-refractivity contribution in [1.82, 2.24) is 9.38 Å². The first kappa shape index (κ1) is 15.0. The van der Waals surface area contributed by atoms with Crippen LogP contribution in [0.1, 0.15) is 18.0 Å². The lowest BCUT2D eigenvalue weighted by atomic mass is 10.1. The predicted molar refractivity (Wildman–Crippen MR) is 89.1 cm³/mol. The van der Waals surface area contributed by atoms with Gasteiger partial charge in [0.25, 0.3) is 0 Å². The molecule has 2 aromatic heterocycles. The maximum Gasteiger partial charge on any atom is 0.162 e. The molecule has 0 spiro atoms. The van der Waals surface area contributed by atoms with Crippen molar-refractivity contribution in [3.05, 3.63) is 48.3 Å². The average molecular weight is 327 g/mol. The molecule has 0 saturated carbocycles. The van der Waals surface area contributed by atoms with E-state index in [1.165, 1.54) is 0 Å². The molecule has 0 saturated heterocycles. The van der Waals surface area contributed by atoms with Gasteiger partial charge in [-0.05, 0) is 42.3 Å². The zero-order valence-corrected chi connectivity index (χ0v) is 13.1. The lowest BCUT2D eigenvalue weighted by Gasteiger charge is -2.18. The van der Waals surface area contributed by atoms with Gasteiger partial charge in [-0.2, -0.15) is 0 Å². The maximum absolute atomic E-state index is 12.5. The number of imidazole rings is 1. The van der Waals surface area contributed by atoms with Gasteiger partial charge in [0.15, 0.2) is 11.5 Å². The third-order valence-electron chi connectivity index (χ3n) is 4.17. The van der Waals surface area contributed by atoms with Crippen molar-refractivity contribution in [3.8, 4) is 22.8 Å². The van der Waals surface area contributed by atoms with Gasteiger partial charge in [-0.25, -0.2) is 4.98 Å². The Labute approximate surface area is 138 Å². The highest BCUT2D eigenvalue weighted by Gasteiger charge is 2.14. The molecule has 24 heavy (non-hydrogen) atoms. The second kappa shape index (κ2) is 6.13. The Bertz CT molecular complexity index is 878. The molecular weight excluding hydrogens is 309 g/mol. The highest BCUT2D eigenvalue weighted by Crippen LogP contribution is 2.34. The molecule has 5 nitrogen and oxygen atoms in total. The van der Waals surface area contributed by atoms with E-state index in [4.69, 9.17) is 15.2 Å². The highest BCUT2D eigenvalue weighted by molar-refractivity contribution is 5.66. The molecule has 4 rings (SSSR count). The summed E-state index contributed by atoms with van der Waals surface area (Å²) in [5.41, 5.74) is 9.45. The van der Waals surface area contributed by atoms with Crippen molar-refractivity contribution in [2.45, 2.75) is 12.5 Å². The van der Waals surface area contributed by atoms with E-state index in [2.05, 4.69) is 4.98 Å². The van der Waals surface area contributed by atoms with Gasteiger partial charge in [-0.3, -0.25) is 4.39 Å². The van der Waals surface area contributed by atoms with E-state index in [1.807, 2.05) is 47.1 Å². The Kier molecular flexibility index (Phi) is 3.82. The Balaban J connectivity index is 1.70. The number of nitrogens with two attached hydrogens (primary N) is 1. The summed E-state index contributed by atoms with van der Waals surface area (Å²) in [7, 11) is 0. The van der Waals surface area contributed by atoms with E-state index in [1.54, 1.807) is 0 Å². The number of ether oxygens (including phenoxy) is 2. The third kappa shape index (κ3) is 2.69. The monoisotopic (exact) mass is 327 g/mol. The Morgan fingerprint density at radius 3 is 2.83 bits per heavy atom. The van der Waals surface area contributed by atoms with Crippen LogP contribution in [0.3, 0.4) is 0 Å². The fraction of sp³-hybridized carbons (Fsp3) is 0.278. The second-order valence-electron chi connectivity index (χ2n) is 5.79. The van der Waals surface area contributed by atoms with Crippen LogP contribution in [0.4, 0.5) is 4.39 Å². The number of benzene rings is 1. The highest BCUT2D eigenvalue weighted by atomic mass is 19.1. The molecule has 0 radical (unpaired) electrons. The van der Waals surface area contributed by atoms with E-state index >= 15 is 0 Å². The molecule has 0 bridgehead atoms. The summed E-state index contributed by atoms with van der Waals surface area (Å²) >= 11 is 0. The van der Waals surface area contributed by atoms with Crippen LogP contribution in [0, 0.1) is 0 Å². The average Bonchev–Trinajstić information content (AvgIpc) is 3.04. The van der Waals surface area contributed by atoms with Crippen LogP contribution >= 0.6 is 0 Å². The predicted octanol–water partition coefficient (Wildman–Crippen LogP) is 3.13. The van der Waals surface area contributed by atoms with Gasteiger partial charge in [0.2, 0.25) is 0 Å². The normalized spacial score (nSPS) is 14.8. The molecule has 3 aromatic rings. The number of halogens is 1. The fourth-order valence-corrected chi connectivity index (χ4v) is 2.85. The standard InChI is InChI=1S/C18H18FN3O2/c19-5-3-14(20)12-4-6-22-11-15(21-18(22)10-12)13-1-2-16-17(9-13)24-8-7-23-16/h1-2,4,6,9-11,14H,3,5,7-8,20H2. The number of nitrogens with zero attached hydrogens (tertiary/aromatic N) is 2. The summed E-state index contributed by atoms with van der Waals surface area (Å²) < 4.78 is 25.6. The summed E-state index contributed by atoms with van der Waals surface area (Å²) in [6.45, 7) is 0.698. The minimum atomic E-state index is -0.427. The van der Waals surface area contributed by atoms with Crippen molar-refractivity contribution >= 4 is 5.65 Å². The quantitative estimate of drug-likeness (QED) is 0.800. The van der Waals surface area contributed by atoms with Gasteiger partial charge in [0.1, 0.15) is 18.9 Å². The number of alkyl halides is 1.